The maximum atomic E-state index is 13.0. The van der Waals surface area contributed by atoms with Crippen LogP contribution in [-0.2, 0) is 21.4 Å². The number of sulfonamides is 1. The Morgan fingerprint density at radius 3 is 2.55 bits per heavy atom. The molecule has 0 aliphatic carbocycles. The van der Waals surface area contributed by atoms with Crippen molar-refractivity contribution in [1.82, 2.24) is 4.31 Å². The van der Waals surface area contributed by atoms with E-state index in [0.29, 0.717) is 18.4 Å². The summed E-state index contributed by atoms with van der Waals surface area (Å²) in [6, 6.07) is 10.5. The van der Waals surface area contributed by atoms with Crippen LogP contribution in [0.15, 0.2) is 41.3 Å². The van der Waals surface area contributed by atoms with Gasteiger partial charge < -0.3 is 9.84 Å². The van der Waals surface area contributed by atoms with Crippen molar-refractivity contribution < 1.29 is 23.1 Å². The third-order valence-corrected chi connectivity index (χ3v) is 7.58. The molecule has 154 valence electrons. The first-order valence-electron chi connectivity index (χ1n) is 9.63. The molecule has 0 radical (unpaired) electrons. The van der Waals surface area contributed by atoms with Gasteiger partial charge in [0.25, 0.3) is 0 Å². The Kier molecular flexibility index (Phi) is 5.00. The number of hydrogen-bond acceptors (Lipinski definition) is 5. The molecule has 0 atom stereocenters. The molecule has 8 heteroatoms. The summed E-state index contributed by atoms with van der Waals surface area (Å²) in [6.07, 6.45) is 0.599. The normalized spacial score (nSPS) is 18.4. The van der Waals surface area contributed by atoms with Crippen molar-refractivity contribution in [2.75, 3.05) is 18.0 Å². The molecule has 1 saturated heterocycles. The lowest BCUT2D eigenvalue weighted by Gasteiger charge is -2.39. The molecular weight excluding hydrogens is 392 g/mol. The molecule has 0 spiro atoms. The van der Waals surface area contributed by atoms with Crippen molar-refractivity contribution in [3.05, 3.63) is 53.1 Å². The van der Waals surface area contributed by atoms with Crippen LogP contribution in [0.4, 0.5) is 10.5 Å². The Bertz CT molecular complexity index is 1060. The fraction of sp³-hybridized carbons (Fsp3) is 0.381. The summed E-state index contributed by atoms with van der Waals surface area (Å²) in [4.78, 5) is 14.0. The number of ether oxygens (including phenoxy) is 1. The van der Waals surface area contributed by atoms with Crippen LogP contribution in [0.5, 0.6) is 5.75 Å². The molecule has 0 saturated carbocycles. The summed E-state index contributed by atoms with van der Waals surface area (Å²) >= 11 is 0. The van der Waals surface area contributed by atoms with Crippen molar-refractivity contribution in [2.45, 2.75) is 44.2 Å². The van der Waals surface area contributed by atoms with E-state index in [9.17, 15) is 18.3 Å². The molecule has 4 rings (SSSR count). The van der Waals surface area contributed by atoms with Crippen LogP contribution in [0.2, 0.25) is 0 Å². The molecule has 0 unspecified atom stereocenters. The average Bonchev–Trinajstić information content (AvgIpc) is 2.70. The number of aromatic hydroxyl groups is 1. The number of amides is 1. The van der Waals surface area contributed by atoms with Crippen LogP contribution in [0, 0.1) is 13.8 Å². The molecule has 0 aromatic heterocycles. The zero-order valence-corrected chi connectivity index (χ0v) is 17.3. The Labute approximate surface area is 170 Å². The molecule has 2 aromatic carbocycles. The number of piperidine rings is 1. The lowest BCUT2D eigenvalue weighted by Crippen LogP contribution is -2.50. The van der Waals surface area contributed by atoms with Crippen LogP contribution >= 0.6 is 0 Å². The number of anilines is 1. The van der Waals surface area contributed by atoms with Crippen LogP contribution < -0.4 is 4.90 Å². The van der Waals surface area contributed by atoms with E-state index >= 15 is 0 Å². The fourth-order valence-electron chi connectivity index (χ4n) is 4.04. The summed E-state index contributed by atoms with van der Waals surface area (Å²) in [5, 5.41) is 10.2. The number of carbonyl (C=O) groups excluding carboxylic acids is 1. The molecule has 7 nitrogen and oxygen atoms in total. The second kappa shape index (κ2) is 7.35. The smallest absolute Gasteiger partial charge is 0.414 e. The molecule has 0 bridgehead atoms. The molecule has 2 heterocycles. The quantitative estimate of drug-likeness (QED) is 0.829. The van der Waals surface area contributed by atoms with E-state index in [0.717, 1.165) is 16.8 Å². The first-order valence-corrected chi connectivity index (χ1v) is 11.1. The Morgan fingerprint density at radius 2 is 1.83 bits per heavy atom. The van der Waals surface area contributed by atoms with Crippen molar-refractivity contribution in [3.63, 3.8) is 0 Å². The Morgan fingerprint density at radius 1 is 1.10 bits per heavy atom. The van der Waals surface area contributed by atoms with Crippen LogP contribution in [-0.4, -0.2) is 43.1 Å². The first-order chi connectivity index (χ1) is 13.8. The Balaban J connectivity index is 1.54. The fourth-order valence-corrected chi connectivity index (χ4v) is 5.66. The summed E-state index contributed by atoms with van der Waals surface area (Å²) in [5.74, 6) is -0.210. The maximum Gasteiger partial charge on any atom is 0.414 e. The number of para-hydroxylation sites is 1. The highest BCUT2D eigenvalue weighted by Crippen LogP contribution is 2.35. The highest BCUT2D eigenvalue weighted by Gasteiger charge is 2.37. The largest absolute Gasteiger partial charge is 0.506 e. The molecule has 1 N–H and O–H groups in total. The molecule has 2 aromatic rings. The van der Waals surface area contributed by atoms with Gasteiger partial charge in [0.1, 0.15) is 17.3 Å². The van der Waals surface area contributed by atoms with E-state index in [4.69, 9.17) is 4.74 Å². The summed E-state index contributed by atoms with van der Waals surface area (Å²) in [5.41, 5.74) is 3.42. The van der Waals surface area contributed by atoms with Crippen molar-refractivity contribution in [2.24, 2.45) is 0 Å². The van der Waals surface area contributed by atoms with Gasteiger partial charge in [-0.3, -0.25) is 4.90 Å². The predicted octanol–water partition coefficient (Wildman–Crippen LogP) is 3.32. The minimum atomic E-state index is -3.80. The second-order valence-electron chi connectivity index (χ2n) is 7.61. The standard InChI is InChI=1S/C21H24N2O5S/c1-14-6-7-18-16(12-14)13-28-21(25)23(18)17-8-10-22(11-9-17)29(26,27)19-5-3-4-15(2)20(19)24/h3-7,12,17,24H,8-11,13H2,1-2H3. The molecule has 2 aliphatic rings. The lowest BCUT2D eigenvalue weighted by molar-refractivity contribution is 0.135. The molecular formula is C21H24N2O5S. The third-order valence-electron chi connectivity index (χ3n) is 5.65. The SMILES string of the molecule is Cc1ccc2c(c1)COC(=O)N2C1CCN(S(=O)(=O)c2cccc(C)c2O)CC1. The summed E-state index contributed by atoms with van der Waals surface area (Å²) in [6.45, 7) is 4.45. The van der Waals surface area contributed by atoms with Gasteiger partial charge in [-0.2, -0.15) is 4.31 Å². The van der Waals surface area contributed by atoms with E-state index in [-0.39, 0.29) is 42.5 Å². The second-order valence-corrected chi connectivity index (χ2v) is 9.52. The van der Waals surface area contributed by atoms with Crippen LogP contribution in [0.25, 0.3) is 0 Å². The molecule has 1 amide bonds. The Hall–Kier alpha value is -2.58. The highest BCUT2D eigenvalue weighted by atomic mass is 32.2. The van der Waals surface area contributed by atoms with E-state index in [2.05, 4.69) is 0 Å². The van der Waals surface area contributed by atoms with Crippen LogP contribution in [0.1, 0.15) is 29.5 Å². The number of rotatable bonds is 3. The predicted molar refractivity (Wildman–Crippen MR) is 108 cm³/mol. The number of aryl methyl sites for hydroxylation is 2. The van der Waals surface area contributed by atoms with Gasteiger partial charge in [-0.1, -0.05) is 29.8 Å². The third kappa shape index (κ3) is 3.47. The zero-order valence-electron chi connectivity index (χ0n) is 16.5. The van der Waals surface area contributed by atoms with E-state index in [1.807, 2.05) is 25.1 Å². The average molecular weight is 416 g/mol. The van der Waals surface area contributed by atoms with Gasteiger partial charge in [-0.25, -0.2) is 13.2 Å². The van der Waals surface area contributed by atoms with Gasteiger partial charge in [-0.05, 0) is 44.4 Å². The molecule has 2 aliphatic heterocycles. The van der Waals surface area contributed by atoms with Gasteiger partial charge in [0.05, 0.1) is 5.69 Å². The number of phenols is 1. The number of cyclic esters (lactones) is 1. The van der Waals surface area contributed by atoms with Crippen LogP contribution in [0.3, 0.4) is 0 Å². The van der Waals surface area contributed by atoms with E-state index < -0.39 is 10.0 Å². The number of benzene rings is 2. The molecule has 1 fully saturated rings. The minimum absolute atomic E-state index is 0.0749. The van der Waals surface area contributed by atoms with Crippen molar-refractivity contribution in [1.29, 1.82) is 0 Å². The first kappa shape index (κ1) is 19.7. The van der Waals surface area contributed by atoms with Gasteiger partial charge in [0.15, 0.2) is 0 Å². The van der Waals surface area contributed by atoms with Gasteiger partial charge >= 0.3 is 6.09 Å². The van der Waals surface area contributed by atoms with E-state index in [1.165, 1.54) is 10.4 Å². The monoisotopic (exact) mass is 416 g/mol. The van der Waals surface area contributed by atoms with Gasteiger partial charge in [0.2, 0.25) is 10.0 Å². The maximum absolute atomic E-state index is 13.0. The van der Waals surface area contributed by atoms with Crippen molar-refractivity contribution >= 4 is 21.8 Å². The number of phenolic OH excluding ortho intramolecular Hbond substituents is 1. The summed E-state index contributed by atoms with van der Waals surface area (Å²) in [7, 11) is -3.80. The number of nitrogens with zero attached hydrogens (tertiary/aromatic N) is 2. The number of carbonyl (C=O) groups is 1. The van der Waals surface area contributed by atoms with Gasteiger partial charge in [-0.15, -0.1) is 0 Å². The minimum Gasteiger partial charge on any atom is -0.506 e. The lowest BCUT2D eigenvalue weighted by atomic mass is 10.0. The highest BCUT2D eigenvalue weighted by molar-refractivity contribution is 7.89. The molecule has 29 heavy (non-hydrogen) atoms. The topological polar surface area (TPSA) is 87.2 Å². The van der Waals surface area contributed by atoms with E-state index in [1.54, 1.807) is 24.0 Å². The number of hydrogen-bond donors (Lipinski definition) is 1. The summed E-state index contributed by atoms with van der Waals surface area (Å²) < 4.78 is 32.7. The van der Waals surface area contributed by atoms with Gasteiger partial charge in [0, 0.05) is 24.7 Å². The number of fused-ring (bicyclic) bond motifs is 1. The zero-order chi connectivity index (χ0) is 20.8. The van der Waals surface area contributed by atoms with Crippen molar-refractivity contribution in [3.8, 4) is 5.75 Å².